The van der Waals surface area contributed by atoms with Crippen LogP contribution in [0.25, 0.3) is 0 Å². The molecule has 2 aliphatic rings. The van der Waals surface area contributed by atoms with E-state index in [9.17, 15) is 9.59 Å². The molecule has 2 atom stereocenters. The van der Waals surface area contributed by atoms with E-state index in [0.717, 1.165) is 31.5 Å². The van der Waals surface area contributed by atoms with Crippen LogP contribution in [0.1, 0.15) is 38.7 Å². The lowest BCUT2D eigenvalue weighted by atomic mass is 10.0. The van der Waals surface area contributed by atoms with Crippen molar-refractivity contribution in [2.24, 2.45) is 0 Å². The molecule has 3 rings (SSSR count). The van der Waals surface area contributed by atoms with Crippen LogP contribution in [0.15, 0.2) is 24.3 Å². The molecule has 0 aromatic heterocycles. The minimum atomic E-state index is -0.348. The van der Waals surface area contributed by atoms with Crippen LogP contribution in [-0.4, -0.2) is 35.3 Å². The number of amides is 2. The quantitative estimate of drug-likeness (QED) is 0.856. The van der Waals surface area contributed by atoms with Gasteiger partial charge in [0.25, 0.3) is 5.91 Å². The Morgan fingerprint density at radius 2 is 2.00 bits per heavy atom. The normalized spacial score (nSPS) is 25.4. The van der Waals surface area contributed by atoms with Crippen molar-refractivity contribution in [2.45, 2.75) is 51.6 Å². The van der Waals surface area contributed by atoms with E-state index in [0.29, 0.717) is 6.42 Å². The van der Waals surface area contributed by atoms with Crippen molar-refractivity contribution in [1.29, 1.82) is 0 Å². The van der Waals surface area contributed by atoms with E-state index in [1.54, 1.807) is 9.80 Å². The highest BCUT2D eigenvalue weighted by Gasteiger charge is 2.47. The molecule has 2 aliphatic heterocycles. The molecule has 21 heavy (non-hydrogen) atoms. The number of piperazine rings is 1. The molecule has 1 aromatic rings. The van der Waals surface area contributed by atoms with Gasteiger partial charge in [-0.25, -0.2) is 0 Å². The molecule has 2 amide bonds. The van der Waals surface area contributed by atoms with Crippen LogP contribution in [-0.2, 0) is 16.0 Å². The maximum atomic E-state index is 12.9. The predicted molar refractivity (Wildman–Crippen MR) is 82.1 cm³/mol. The van der Waals surface area contributed by atoms with Gasteiger partial charge in [-0.3, -0.25) is 14.5 Å². The van der Waals surface area contributed by atoms with Gasteiger partial charge in [-0.1, -0.05) is 26.0 Å². The first-order chi connectivity index (χ1) is 10.2. The summed E-state index contributed by atoms with van der Waals surface area (Å²) in [7, 11) is 0. The van der Waals surface area contributed by atoms with Crippen molar-refractivity contribution in [3.05, 3.63) is 29.8 Å². The Labute approximate surface area is 125 Å². The molecule has 2 unspecified atom stereocenters. The zero-order valence-corrected chi connectivity index (χ0v) is 12.7. The number of hydrogen-bond acceptors (Lipinski definition) is 2. The summed E-state index contributed by atoms with van der Waals surface area (Å²) in [5.41, 5.74) is 2.06. The topological polar surface area (TPSA) is 40.6 Å². The maximum Gasteiger partial charge on any atom is 0.250 e. The van der Waals surface area contributed by atoms with E-state index < -0.39 is 0 Å². The van der Waals surface area contributed by atoms with Gasteiger partial charge in [-0.05, 0) is 43.4 Å². The molecule has 2 saturated heterocycles. The fourth-order valence-corrected chi connectivity index (χ4v) is 3.49. The van der Waals surface area contributed by atoms with Crippen LogP contribution in [0.5, 0.6) is 0 Å². The molecule has 0 radical (unpaired) electrons. The summed E-state index contributed by atoms with van der Waals surface area (Å²) in [6.45, 7) is 4.80. The summed E-state index contributed by atoms with van der Waals surface area (Å²) in [6, 6.07) is 7.42. The zero-order valence-electron chi connectivity index (χ0n) is 12.7. The Balaban J connectivity index is 2.01. The van der Waals surface area contributed by atoms with E-state index in [4.69, 9.17) is 0 Å². The third kappa shape index (κ3) is 2.23. The number of carbonyl (C=O) groups excluding carboxylic acids is 2. The lowest BCUT2D eigenvalue weighted by Gasteiger charge is -2.42. The highest BCUT2D eigenvalue weighted by atomic mass is 16.2. The second-order valence-electron chi connectivity index (χ2n) is 5.85. The minimum absolute atomic E-state index is 0.0900. The SMILES string of the molecule is CCc1cccc(N2C(=O)C3CCCN3C(=O)C2CC)c1. The summed E-state index contributed by atoms with van der Waals surface area (Å²) < 4.78 is 0. The van der Waals surface area contributed by atoms with Crippen molar-refractivity contribution in [1.82, 2.24) is 4.90 Å². The molecule has 2 fully saturated rings. The standard InChI is InChI=1S/C17H22N2O2/c1-3-12-7-5-8-13(11-12)19-14(4-2)16(20)18-10-6-9-15(18)17(19)21/h5,7-8,11,14-15H,3-4,6,9-10H2,1-2H3. The lowest BCUT2D eigenvalue weighted by molar-refractivity contribution is -0.144. The predicted octanol–water partition coefficient (Wildman–Crippen LogP) is 2.37. The fourth-order valence-electron chi connectivity index (χ4n) is 3.49. The number of rotatable bonds is 3. The molecule has 112 valence electrons. The molecule has 0 saturated carbocycles. The fraction of sp³-hybridized carbons (Fsp3) is 0.529. The van der Waals surface area contributed by atoms with Crippen LogP contribution < -0.4 is 4.90 Å². The first-order valence-electron chi connectivity index (χ1n) is 7.89. The van der Waals surface area contributed by atoms with E-state index >= 15 is 0 Å². The van der Waals surface area contributed by atoms with E-state index in [1.807, 2.05) is 25.1 Å². The van der Waals surface area contributed by atoms with Gasteiger partial charge in [0.15, 0.2) is 0 Å². The van der Waals surface area contributed by atoms with Gasteiger partial charge >= 0.3 is 0 Å². The number of aryl methyl sites for hydroxylation is 1. The van der Waals surface area contributed by atoms with Crippen molar-refractivity contribution in [2.75, 3.05) is 11.4 Å². The van der Waals surface area contributed by atoms with Crippen LogP contribution in [0.3, 0.4) is 0 Å². The Morgan fingerprint density at radius 3 is 2.71 bits per heavy atom. The second-order valence-corrected chi connectivity index (χ2v) is 5.85. The van der Waals surface area contributed by atoms with Crippen LogP contribution >= 0.6 is 0 Å². The lowest BCUT2D eigenvalue weighted by Crippen LogP contribution is -2.63. The summed E-state index contributed by atoms with van der Waals surface area (Å²) in [5.74, 6) is 0.203. The van der Waals surface area contributed by atoms with Gasteiger partial charge in [-0.2, -0.15) is 0 Å². The Hall–Kier alpha value is -1.84. The smallest absolute Gasteiger partial charge is 0.250 e. The first-order valence-corrected chi connectivity index (χ1v) is 7.89. The molecule has 4 heteroatoms. The number of fused-ring (bicyclic) bond motifs is 1. The van der Waals surface area contributed by atoms with E-state index in [-0.39, 0.29) is 23.9 Å². The Kier molecular flexibility index (Phi) is 3.70. The van der Waals surface area contributed by atoms with Gasteiger partial charge in [-0.15, -0.1) is 0 Å². The molecule has 2 heterocycles. The van der Waals surface area contributed by atoms with Gasteiger partial charge in [0.05, 0.1) is 0 Å². The number of nitrogens with zero attached hydrogens (tertiary/aromatic N) is 2. The average molecular weight is 286 g/mol. The van der Waals surface area contributed by atoms with Crippen LogP contribution in [0.4, 0.5) is 5.69 Å². The van der Waals surface area contributed by atoms with Gasteiger partial charge in [0, 0.05) is 12.2 Å². The second kappa shape index (κ2) is 5.51. The molecular weight excluding hydrogens is 264 g/mol. The van der Waals surface area contributed by atoms with Gasteiger partial charge in [0.2, 0.25) is 5.91 Å². The van der Waals surface area contributed by atoms with Crippen molar-refractivity contribution < 1.29 is 9.59 Å². The van der Waals surface area contributed by atoms with Crippen molar-refractivity contribution in [3.63, 3.8) is 0 Å². The van der Waals surface area contributed by atoms with Crippen molar-refractivity contribution >= 4 is 17.5 Å². The molecule has 0 aliphatic carbocycles. The number of anilines is 1. The summed E-state index contributed by atoms with van der Waals surface area (Å²) >= 11 is 0. The van der Waals surface area contributed by atoms with Gasteiger partial charge < -0.3 is 4.90 Å². The van der Waals surface area contributed by atoms with Gasteiger partial charge in [0.1, 0.15) is 12.1 Å². The molecule has 1 aromatic carbocycles. The zero-order chi connectivity index (χ0) is 15.0. The number of carbonyl (C=O) groups is 2. The number of benzene rings is 1. The molecule has 0 bridgehead atoms. The van der Waals surface area contributed by atoms with Crippen LogP contribution in [0.2, 0.25) is 0 Å². The average Bonchev–Trinajstić information content (AvgIpc) is 3.00. The highest BCUT2D eigenvalue weighted by Crippen LogP contribution is 2.32. The Bertz CT molecular complexity index is 570. The summed E-state index contributed by atoms with van der Waals surface area (Å²) in [4.78, 5) is 29.0. The third-order valence-corrected chi connectivity index (χ3v) is 4.64. The third-order valence-electron chi connectivity index (χ3n) is 4.64. The molecule has 0 N–H and O–H groups in total. The van der Waals surface area contributed by atoms with Crippen LogP contribution in [0, 0.1) is 0 Å². The largest absolute Gasteiger partial charge is 0.329 e. The summed E-state index contributed by atoms with van der Waals surface area (Å²) in [5, 5.41) is 0. The first kappa shape index (κ1) is 14.1. The Morgan fingerprint density at radius 1 is 1.19 bits per heavy atom. The molecule has 4 nitrogen and oxygen atoms in total. The molecule has 0 spiro atoms. The van der Waals surface area contributed by atoms with Crippen molar-refractivity contribution in [3.8, 4) is 0 Å². The van der Waals surface area contributed by atoms with E-state index in [1.165, 1.54) is 5.56 Å². The maximum absolute atomic E-state index is 12.9. The van der Waals surface area contributed by atoms with E-state index in [2.05, 4.69) is 13.0 Å². The summed E-state index contributed by atoms with van der Waals surface area (Å²) in [6.07, 6.45) is 3.31. The monoisotopic (exact) mass is 286 g/mol. The minimum Gasteiger partial charge on any atom is -0.329 e. The highest BCUT2D eigenvalue weighted by molar-refractivity contribution is 6.08. The molecular formula is C17H22N2O2. The number of hydrogen-bond donors (Lipinski definition) is 0.